The molecule has 0 radical (unpaired) electrons. The summed E-state index contributed by atoms with van der Waals surface area (Å²) in [6.07, 6.45) is 5.02. The highest BCUT2D eigenvalue weighted by molar-refractivity contribution is 5.61. The summed E-state index contributed by atoms with van der Waals surface area (Å²) in [6, 6.07) is 2.19. The number of fused-ring (bicyclic) bond motifs is 7. The molecule has 3 aliphatic rings. The Morgan fingerprint density at radius 2 is 2.11 bits per heavy atom. The number of hydrogen-bond acceptors (Lipinski definition) is 3. The molecule has 3 unspecified atom stereocenters. The highest BCUT2D eigenvalue weighted by Gasteiger charge is 2.43. The van der Waals surface area contributed by atoms with E-state index >= 15 is 0 Å². The third kappa shape index (κ3) is 1.23. The first-order valence-corrected chi connectivity index (χ1v) is 6.92. The third-order valence-corrected chi connectivity index (χ3v) is 4.86. The van der Waals surface area contributed by atoms with Gasteiger partial charge in [-0.1, -0.05) is 0 Å². The number of methoxy groups -OCH3 is 1. The van der Waals surface area contributed by atoms with Crippen LogP contribution in [0.3, 0.4) is 0 Å². The lowest BCUT2D eigenvalue weighted by Gasteiger charge is -2.21. The Bertz CT molecular complexity index is 512. The molecule has 0 spiro atoms. The molecule has 96 valence electrons. The lowest BCUT2D eigenvalue weighted by molar-refractivity contribution is 0.238. The zero-order valence-corrected chi connectivity index (χ0v) is 10.7. The fourth-order valence-corrected chi connectivity index (χ4v) is 4.11. The smallest absolute Gasteiger partial charge is 0.127 e. The first-order chi connectivity index (χ1) is 8.81. The van der Waals surface area contributed by atoms with E-state index in [1.54, 1.807) is 7.11 Å². The average molecular weight is 245 g/mol. The van der Waals surface area contributed by atoms with E-state index in [1.165, 1.54) is 36.0 Å². The van der Waals surface area contributed by atoms with Crippen LogP contribution in [0.2, 0.25) is 0 Å². The highest BCUT2D eigenvalue weighted by Crippen LogP contribution is 2.60. The van der Waals surface area contributed by atoms with E-state index in [0.717, 1.165) is 17.9 Å². The molecule has 0 saturated heterocycles. The number of nitrogens with two attached hydrogens (primary N) is 1. The summed E-state index contributed by atoms with van der Waals surface area (Å²) in [7, 11) is 1.78. The van der Waals surface area contributed by atoms with E-state index in [0.29, 0.717) is 18.4 Å². The van der Waals surface area contributed by atoms with Crippen LogP contribution in [-0.4, -0.2) is 19.8 Å². The highest BCUT2D eigenvalue weighted by atomic mass is 16.5. The summed E-state index contributed by atoms with van der Waals surface area (Å²) in [5.41, 5.74) is 9.94. The first-order valence-electron chi connectivity index (χ1n) is 6.92. The topological polar surface area (TPSA) is 44.5 Å². The second kappa shape index (κ2) is 3.64. The summed E-state index contributed by atoms with van der Waals surface area (Å²) < 4.78 is 11.7. The van der Waals surface area contributed by atoms with Crippen LogP contribution in [-0.2, 0) is 6.42 Å². The van der Waals surface area contributed by atoms with E-state index < -0.39 is 0 Å². The van der Waals surface area contributed by atoms with Crippen molar-refractivity contribution in [2.24, 2.45) is 5.73 Å². The number of hydrogen-bond donors (Lipinski definition) is 1. The molecule has 3 atom stereocenters. The SMILES string of the molecule is COc1cc2c(c3c1C1CCC3C1)OC(CN)C2. The number of rotatable bonds is 2. The standard InChI is InChI=1S/C15H19NO2/c1-17-12-6-10-5-11(7-16)18-15(10)14-9-3-2-8(4-9)13(12)14/h6,8-9,11H,2-5,7,16H2,1H3. The van der Waals surface area contributed by atoms with Crippen molar-refractivity contribution in [3.63, 3.8) is 0 Å². The fraction of sp³-hybridized carbons (Fsp3) is 0.600. The van der Waals surface area contributed by atoms with E-state index in [2.05, 4.69) is 6.07 Å². The zero-order valence-electron chi connectivity index (χ0n) is 10.7. The lowest BCUT2D eigenvalue weighted by atomic mass is 9.88. The van der Waals surface area contributed by atoms with Crippen molar-refractivity contribution in [2.45, 2.75) is 43.6 Å². The lowest BCUT2D eigenvalue weighted by Crippen LogP contribution is -2.24. The molecule has 1 fully saturated rings. The van der Waals surface area contributed by atoms with Crippen molar-refractivity contribution in [2.75, 3.05) is 13.7 Å². The van der Waals surface area contributed by atoms with Gasteiger partial charge in [0.15, 0.2) is 0 Å². The zero-order chi connectivity index (χ0) is 12.3. The molecule has 2 N–H and O–H groups in total. The van der Waals surface area contributed by atoms with Gasteiger partial charge in [0.1, 0.15) is 17.6 Å². The van der Waals surface area contributed by atoms with Gasteiger partial charge in [-0.15, -0.1) is 0 Å². The quantitative estimate of drug-likeness (QED) is 0.869. The van der Waals surface area contributed by atoms with Crippen molar-refractivity contribution in [1.29, 1.82) is 0 Å². The monoisotopic (exact) mass is 245 g/mol. The minimum Gasteiger partial charge on any atom is -0.496 e. The first kappa shape index (κ1) is 10.7. The molecule has 2 bridgehead atoms. The maximum atomic E-state index is 6.07. The summed E-state index contributed by atoms with van der Waals surface area (Å²) in [5, 5.41) is 0. The molecule has 1 aromatic carbocycles. The molecule has 1 saturated carbocycles. The predicted molar refractivity (Wildman–Crippen MR) is 69.5 cm³/mol. The van der Waals surface area contributed by atoms with Crippen molar-refractivity contribution >= 4 is 0 Å². The van der Waals surface area contributed by atoms with Gasteiger partial charge in [-0.05, 0) is 37.2 Å². The summed E-state index contributed by atoms with van der Waals surface area (Å²) >= 11 is 0. The Labute approximate surface area is 107 Å². The number of benzene rings is 1. The van der Waals surface area contributed by atoms with Crippen LogP contribution in [0.15, 0.2) is 6.07 Å². The van der Waals surface area contributed by atoms with Gasteiger partial charge in [0, 0.05) is 29.7 Å². The molecule has 1 aromatic rings. The molecular formula is C15H19NO2. The van der Waals surface area contributed by atoms with Crippen LogP contribution in [0.25, 0.3) is 0 Å². The third-order valence-electron chi connectivity index (χ3n) is 4.86. The average Bonchev–Trinajstić information content (AvgIpc) is 3.10. The van der Waals surface area contributed by atoms with Crippen molar-refractivity contribution in [3.05, 3.63) is 22.8 Å². The van der Waals surface area contributed by atoms with Crippen LogP contribution in [0.1, 0.15) is 47.8 Å². The molecule has 0 amide bonds. The van der Waals surface area contributed by atoms with Crippen molar-refractivity contribution in [1.82, 2.24) is 0 Å². The minimum atomic E-state index is 0.162. The van der Waals surface area contributed by atoms with E-state index in [1.807, 2.05) is 0 Å². The second-order valence-corrected chi connectivity index (χ2v) is 5.78. The summed E-state index contributed by atoms with van der Waals surface area (Å²) in [5.74, 6) is 3.63. The van der Waals surface area contributed by atoms with E-state index in [9.17, 15) is 0 Å². The number of ether oxygens (including phenoxy) is 2. The Hall–Kier alpha value is -1.22. The Morgan fingerprint density at radius 1 is 1.33 bits per heavy atom. The molecule has 18 heavy (non-hydrogen) atoms. The second-order valence-electron chi connectivity index (χ2n) is 5.78. The molecule has 2 aliphatic carbocycles. The van der Waals surface area contributed by atoms with E-state index in [4.69, 9.17) is 15.2 Å². The maximum Gasteiger partial charge on any atom is 0.127 e. The van der Waals surface area contributed by atoms with Crippen molar-refractivity contribution in [3.8, 4) is 11.5 Å². The maximum absolute atomic E-state index is 6.07. The van der Waals surface area contributed by atoms with Crippen LogP contribution in [0.4, 0.5) is 0 Å². The van der Waals surface area contributed by atoms with Gasteiger partial charge in [-0.2, -0.15) is 0 Å². The molecule has 3 heteroatoms. The van der Waals surface area contributed by atoms with Crippen LogP contribution in [0, 0.1) is 0 Å². The normalized spacial score (nSPS) is 31.1. The molecular weight excluding hydrogens is 226 g/mol. The van der Waals surface area contributed by atoms with E-state index in [-0.39, 0.29) is 6.10 Å². The van der Waals surface area contributed by atoms with Crippen LogP contribution in [0.5, 0.6) is 11.5 Å². The van der Waals surface area contributed by atoms with Crippen molar-refractivity contribution < 1.29 is 9.47 Å². The molecule has 1 aliphatic heterocycles. The summed E-state index contributed by atoms with van der Waals surface area (Å²) in [6.45, 7) is 0.597. The largest absolute Gasteiger partial charge is 0.496 e. The minimum absolute atomic E-state index is 0.162. The summed E-state index contributed by atoms with van der Waals surface area (Å²) in [4.78, 5) is 0. The Balaban J connectivity index is 1.90. The van der Waals surface area contributed by atoms with Gasteiger partial charge in [-0.25, -0.2) is 0 Å². The van der Waals surface area contributed by atoms with Gasteiger partial charge in [0.2, 0.25) is 0 Å². The van der Waals surface area contributed by atoms with Crippen LogP contribution < -0.4 is 15.2 Å². The molecule has 1 heterocycles. The fourth-order valence-electron chi connectivity index (χ4n) is 4.11. The van der Waals surface area contributed by atoms with Gasteiger partial charge >= 0.3 is 0 Å². The van der Waals surface area contributed by atoms with Gasteiger partial charge < -0.3 is 15.2 Å². The molecule has 4 rings (SSSR count). The van der Waals surface area contributed by atoms with Crippen LogP contribution >= 0.6 is 0 Å². The molecule has 0 aromatic heterocycles. The van der Waals surface area contributed by atoms with Gasteiger partial charge in [0.25, 0.3) is 0 Å². The molecule has 3 nitrogen and oxygen atoms in total. The van der Waals surface area contributed by atoms with Gasteiger partial charge in [-0.3, -0.25) is 0 Å². The predicted octanol–water partition coefficient (Wildman–Crippen LogP) is 2.32. The Kier molecular flexibility index (Phi) is 2.16. The van der Waals surface area contributed by atoms with Gasteiger partial charge in [0.05, 0.1) is 7.11 Å². The Morgan fingerprint density at radius 3 is 2.83 bits per heavy atom.